The van der Waals surface area contributed by atoms with Gasteiger partial charge in [0.1, 0.15) is 0 Å². The van der Waals surface area contributed by atoms with Crippen molar-refractivity contribution in [2.75, 3.05) is 11.4 Å². The first-order chi connectivity index (χ1) is 10.3. The summed E-state index contributed by atoms with van der Waals surface area (Å²) in [5.41, 5.74) is -0.620. The van der Waals surface area contributed by atoms with Crippen molar-refractivity contribution < 1.29 is 22.8 Å². The molecule has 2 aliphatic rings. The second-order valence-corrected chi connectivity index (χ2v) is 5.74. The Hall–Kier alpha value is -2.05. The van der Waals surface area contributed by atoms with E-state index in [1.807, 2.05) is 0 Å². The Morgan fingerprint density at radius 1 is 1.27 bits per heavy atom. The summed E-state index contributed by atoms with van der Waals surface area (Å²) in [7, 11) is 0. The van der Waals surface area contributed by atoms with Crippen LogP contribution in [-0.2, 0) is 15.8 Å². The van der Waals surface area contributed by atoms with Crippen LogP contribution in [0.3, 0.4) is 0 Å². The van der Waals surface area contributed by atoms with E-state index in [9.17, 15) is 22.8 Å². The summed E-state index contributed by atoms with van der Waals surface area (Å²) in [5.74, 6) is -1.01. The van der Waals surface area contributed by atoms with Crippen LogP contribution in [0.5, 0.6) is 0 Å². The molecular formula is C15H15F3N2O2. The number of rotatable bonds is 3. The molecule has 0 bridgehead atoms. The maximum atomic E-state index is 12.7. The monoisotopic (exact) mass is 312 g/mol. The Balaban J connectivity index is 1.74. The molecule has 1 saturated heterocycles. The Morgan fingerprint density at radius 2 is 2.00 bits per heavy atom. The molecule has 7 heteroatoms. The molecule has 118 valence electrons. The summed E-state index contributed by atoms with van der Waals surface area (Å²) in [6.07, 6.45) is -2.52. The molecule has 0 aromatic heterocycles. The summed E-state index contributed by atoms with van der Waals surface area (Å²) in [4.78, 5) is 25.2. The van der Waals surface area contributed by atoms with Gasteiger partial charge in [-0.05, 0) is 31.0 Å². The number of halogens is 3. The van der Waals surface area contributed by atoms with Gasteiger partial charge in [0.25, 0.3) is 0 Å². The Morgan fingerprint density at radius 3 is 2.64 bits per heavy atom. The minimum Gasteiger partial charge on any atom is -0.353 e. The highest BCUT2D eigenvalue weighted by atomic mass is 19.4. The molecule has 3 rings (SSSR count). The van der Waals surface area contributed by atoms with E-state index in [4.69, 9.17) is 0 Å². The number of benzene rings is 1. The lowest BCUT2D eigenvalue weighted by Gasteiger charge is -2.18. The SMILES string of the molecule is O=C(NC1CC1)[C@H]1CC(=O)N(c2cccc(C(F)(F)F)c2)C1. The Bertz CT molecular complexity index is 611. The maximum absolute atomic E-state index is 12.7. The molecule has 1 aromatic rings. The third-order valence-corrected chi connectivity index (χ3v) is 3.90. The lowest BCUT2D eigenvalue weighted by Crippen LogP contribution is -2.34. The first-order valence-electron chi connectivity index (χ1n) is 7.12. The van der Waals surface area contributed by atoms with Crippen LogP contribution in [0.15, 0.2) is 24.3 Å². The van der Waals surface area contributed by atoms with Crippen molar-refractivity contribution in [3.05, 3.63) is 29.8 Å². The van der Waals surface area contributed by atoms with E-state index in [1.54, 1.807) is 0 Å². The van der Waals surface area contributed by atoms with Gasteiger partial charge in [-0.3, -0.25) is 9.59 Å². The fraction of sp³-hybridized carbons (Fsp3) is 0.467. The zero-order valence-corrected chi connectivity index (χ0v) is 11.7. The van der Waals surface area contributed by atoms with E-state index >= 15 is 0 Å². The lowest BCUT2D eigenvalue weighted by atomic mass is 10.1. The number of carbonyl (C=O) groups excluding carboxylic acids is 2. The van der Waals surface area contributed by atoms with Crippen molar-refractivity contribution in [3.8, 4) is 0 Å². The van der Waals surface area contributed by atoms with E-state index in [2.05, 4.69) is 5.32 Å². The summed E-state index contributed by atoms with van der Waals surface area (Å²) in [6.45, 7) is 0.124. The molecule has 4 nitrogen and oxygen atoms in total. The van der Waals surface area contributed by atoms with Gasteiger partial charge in [0.2, 0.25) is 11.8 Å². The largest absolute Gasteiger partial charge is 0.416 e. The second kappa shape index (κ2) is 5.30. The molecule has 1 N–H and O–H groups in total. The van der Waals surface area contributed by atoms with Crippen molar-refractivity contribution in [3.63, 3.8) is 0 Å². The summed E-state index contributed by atoms with van der Waals surface area (Å²) < 4.78 is 38.2. The fourth-order valence-electron chi connectivity index (χ4n) is 2.53. The average molecular weight is 312 g/mol. The van der Waals surface area contributed by atoms with Crippen LogP contribution in [0.25, 0.3) is 0 Å². The minimum atomic E-state index is -4.46. The standard InChI is InChI=1S/C15H15F3N2O2/c16-15(17,18)10-2-1-3-12(7-10)20-8-9(6-13(20)21)14(22)19-11-4-5-11/h1-3,7,9,11H,4-6,8H2,(H,19,22)/t9-/m0/s1. The number of amides is 2. The van der Waals surface area contributed by atoms with Crippen LogP contribution < -0.4 is 10.2 Å². The van der Waals surface area contributed by atoms with Gasteiger partial charge < -0.3 is 10.2 Å². The minimum absolute atomic E-state index is 0.0365. The Labute approximate surface area is 125 Å². The molecule has 1 aliphatic carbocycles. The lowest BCUT2D eigenvalue weighted by molar-refractivity contribution is -0.137. The second-order valence-electron chi connectivity index (χ2n) is 5.74. The molecule has 1 saturated carbocycles. The zero-order chi connectivity index (χ0) is 15.9. The average Bonchev–Trinajstić information content (AvgIpc) is 3.18. The summed E-state index contributed by atoms with van der Waals surface area (Å²) >= 11 is 0. The molecule has 22 heavy (non-hydrogen) atoms. The van der Waals surface area contributed by atoms with Crippen molar-refractivity contribution in [1.82, 2.24) is 5.32 Å². The van der Waals surface area contributed by atoms with Crippen LogP contribution in [0.4, 0.5) is 18.9 Å². The number of alkyl halides is 3. The fourth-order valence-corrected chi connectivity index (χ4v) is 2.53. The van der Waals surface area contributed by atoms with E-state index in [1.165, 1.54) is 17.0 Å². The van der Waals surface area contributed by atoms with Crippen molar-refractivity contribution in [2.45, 2.75) is 31.5 Å². The number of hydrogen-bond donors (Lipinski definition) is 1. The van der Waals surface area contributed by atoms with Crippen LogP contribution in [-0.4, -0.2) is 24.4 Å². The van der Waals surface area contributed by atoms with Gasteiger partial charge in [-0.15, -0.1) is 0 Å². The van der Waals surface area contributed by atoms with Crippen molar-refractivity contribution in [2.24, 2.45) is 5.92 Å². The van der Waals surface area contributed by atoms with Gasteiger partial charge in [-0.25, -0.2) is 0 Å². The predicted molar refractivity (Wildman–Crippen MR) is 73.1 cm³/mol. The van der Waals surface area contributed by atoms with Gasteiger partial charge in [0.05, 0.1) is 11.5 Å². The third kappa shape index (κ3) is 3.08. The summed E-state index contributed by atoms with van der Waals surface area (Å²) in [6, 6.07) is 4.82. The van der Waals surface area contributed by atoms with Crippen molar-refractivity contribution in [1.29, 1.82) is 0 Å². The van der Waals surface area contributed by atoms with E-state index in [0.717, 1.165) is 25.0 Å². The number of nitrogens with zero attached hydrogens (tertiary/aromatic N) is 1. The molecule has 0 unspecified atom stereocenters. The normalized spacial score (nSPS) is 22.0. The number of nitrogens with one attached hydrogen (secondary N) is 1. The quantitative estimate of drug-likeness (QED) is 0.931. The van der Waals surface area contributed by atoms with Gasteiger partial charge >= 0.3 is 6.18 Å². The molecule has 1 heterocycles. The van der Waals surface area contributed by atoms with E-state index in [0.29, 0.717) is 0 Å². The Kier molecular flexibility index (Phi) is 3.58. The molecule has 2 fully saturated rings. The third-order valence-electron chi connectivity index (χ3n) is 3.90. The molecule has 0 radical (unpaired) electrons. The predicted octanol–water partition coefficient (Wildman–Crippen LogP) is 2.34. The molecular weight excluding hydrogens is 297 g/mol. The smallest absolute Gasteiger partial charge is 0.353 e. The number of anilines is 1. The highest BCUT2D eigenvalue weighted by molar-refractivity contribution is 6.00. The van der Waals surface area contributed by atoms with Gasteiger partial charge in [-0.1, -0.05) is 6.07 Å². The first kappa shape index (κ1) is 14.9. The van der Waals surface area contributed by atoms with Crippen LogP contribution >= 0.6 is 0 Å². The van der Waals surface area contributed by atoms with E-state index in [-0.39, 0.29) is 36.5 Å². The zero-order valence-electron chi connectivity index (χ0n) is 11.7. The van der Waals surface area contributed by atoms with Crippen LogP contribution in [0, 0.1) is 5.92 Å². The van der Waals surface area contributed by atoms with Gasteiger partial charge in [-0.2, -0.15) is 13.2 Å². The molecule has 1 aliphatic heterocycles. The first-order valence-corrected chi connectivity index (χ1v) is 7.12. The van der Waals surface area contributed by atoms with Crippen LogP contribution in [0.1, 0.15) is 24.8 Å². The molecule has 1 atom stereocenters. The molecule has 1 aromatic carbocycles. The topological polar surface area (TPSA) is 49.4 Å². The van der Waals surface area contributed by atoms with Crippen molar-refractivity contribution >= 4 is 17.5 Å². The summed E-state index contributed by atoms with van der Waals surface area (Å²) in [5, 5.41) is 2.83. The highest BCUT2D eigenvalue weighted by Crippen LogP contribution is 2.33. The van der Waals surface area contributed by atoms with Gasteiger partial charge in [0.15, 0.2) is 0 Å². The number of carbonyl (C=O) groups is 2. The van der Waals surface area contributed by atoms with E-state index < -0.39 is 17.7 Å². The molecule has 2 amide bonds. The maximum Gasteiger partial charge on any atom is 0.416 e. The van der Waals surface area contributed by atoms with Gasteiger partial charge in [0, 0.05) is 24.7 Å². The highest BCUT2D eigenvalue weighted by Gasteiger charge is 2.38. The van der Waals surface area contributed by atoms with Crippen LogP contribution in [0.2, 0.25) is 0 Å². The number of hydrogen-bond acceptors (Lipinski definition) is 2. The molecule has 0 spiro atoms.